The van der Waals surface area contributed by atoms with Crippen molar-refractivity contribution in [3.05, 3.63) is 34.7 Å². The van der Waals surface area contributed by atoms with E-state index in [2.05, 4.69) is 15.2 Å². The molecule has 1 atom stereocenters. The van der Waals surface area contributed by atoms with Crippen LogP contribution in [0.1, 0.15) is 17.8 Å². The first-order chi connectivity index (χ1) is 14.1. The summed E-state index contributed by atoms with van der Waals surface area (Å²) in [6, 6.07) is 7.76. The molecule has 2 aliphatic heterocycles. The third-order valence-electron chi connectivity index (χ3n) is 5.32. The van der Waals surface area contributed by atoms with Crippen molar-refractivity contribution in [1.29, 1.82) is 0 Å². The van der Waals surface area contributed by atoms with Gasteiger partial charge in [-0.25, -0.2) is 4.98 Å². The average molecular weight is 415 g/mol. The molecule has 0 aliphatic carbocycles. The van der Waals surface area contributed by atoms with E-state index < -0.39 is 0 Å². The number of anilines is 1. The van der Waals surface area contributed by atoms with Crippen molar-refractivity contribution in [1.82, 2.24) is 14.8 Å². The fraction of sp³-hybridized carbons (Fsp3) is 0.476. The summed E-state index contributed by atoms with van der Waals surface area (Å²) in [5.74, 6) is 0.0520. The molecule has 1 N–H and O–H groups in total. The maximum Gasteiger partial charge on any atom is 0.251 e. The Balaban J connectivity index is 1.27. The van der Waals surface area contributed by atoms with E-state index in [-0.39, 0.29) is 17.9 Å². The zero-order valence-corrected chi connectivity index (χ0v) is 17.4. The van der Waals surface area contributed by atoms with Gasteiger partial charge in [0.25, 0.3) is 5.91 Å². The zero-order valence-electron chi connectivity index (χ0n) is 16.6. The normalized spacial score (nSPS) is 20.0. The number of aryl methyl sites for hydroxylation is 1. The van der Waals surface area contributed by atoms with Crippen LogP contribution in [0.5, 0.6) is 0 Å². The van der Waals surface area contributed by atoms with Crippen molar-refractivity contribution in [2.45, 2.75) is 25.9 Å². The molecule has 154 valence electrons. The summed E-state index contributed by atoms with van der Waals surface area (Å²) < 4.78 is 5.50. The molecule has 1 aromatic heterocycles. The number of carbonyl (C=O) groups excluding carboxylic acids is 2. The standard InChI is InChI=1S/C21H26N4O3S/c1-15-22-18(14-29-15)16-4-2-5-17(12-16)23-20(26)13-24-7-9-25(10-8-24)21(27)19-6-3-11-28-19/h2,4-5,12,14,19H,3,6-11,13H2,1H3,(H,23,26). The zero-order chi connectivity index (χ0) is 20.2. The second kappa shape index (κ2) is 9.02. The van der Waals surface area contributed by atoms with E-state index in [1.165, 1.54) is 0 Å². The van der Waals surface area contributed by atoms with Gasteiger partial charge >= 0.3 is 0 Å². The number of carbonyl (C=O) groups is 2. The molecule has 1 aromatic carbocycles. The van der Waals surface area contributed by atoms with Crippen LogP contribution in [0, 0.1) is 6.92 Å². The Bertz CT molecular complexity index is 870. The van der Waals surface area contributed by atoms with Crippen LogP contribution >= 0.6 is 11.3 Å². The lowest BCUT2D eigenvalue weighted by atomic mass is 10.1. The van der Waals surface area contributed by atoms with Gasteiger partial charge in [0, 0.05) is 49.4 Å². The second-order valence-electron chi connectivity index (χ2n) is 7.48. The maximum absolute atomic E-state index is 12.5. The molecular weight excluding hydrogens is 388 g/mol. The number of ether oxygens (including phenoxy) is 1. The van der Waals surface area contributed by atoms with Crippen LogP contribution in [0.15, 0.2) is 29.6 Å². The minimum absolute atomic E-state index is 0.0458. The number of hydrogen-bond donors (Lipinski definition) is 1. The van der Waals surface area contributed by atoms with Gasteiger partial charge < -0.3 is 15.0 Å². The van der Waals surface area contributed by atoms with Crippen molar-refractivity contribution in [2.75, 3.05) is 44.6 Å². The number of nitrogens with one attached hydrogen (secondary N) is 1. The summed E-state index contributed by atoms with van der Waals surface area (Å²) in [5, 5.41) is 6.02. The lowest BCUT2D eigenvalue weighted by Gasteiger charge is -2.35. The van der Waals surface area contributed by atoms with Crippen LogP contribution < -0.4 is 5.32 Å². The Kier molecular flexibility index (Phi) is 6.22. The Morgan fingerprint density at radius 1 is 1.28 bits per heavy atom. The number of aromatic nitrogens is 1. The SMILES string of the molecule is Cc1nc(-c2cccc(NC(=O)CN3CCN(C(=O)C4CCCO4)CC3)c2)cs1. The predicted molar refractivity (Wildman–Crippen MR) is 113 cm³/mol. The molecule has 0 spiro atoms. The van der Waals surface area contributed by atoms with Gasteiger partial charge in [-0.15, -0.1) is 11.3 Å². The van der Waals surface area contributed by atoms with Gasteiger partial charge in [0.05, 0.1) is 17.2 Å². The number of amides is 2. The molecular formula is C21H26N4O3S. The van der Waals surface area contributed by atoms with Crippen molar-refractivity contribution in [3.8, 4) is 11.3 Å². The van der Waals surface area contributed by atoms with E-state index in [4.69, 9.17) is 4.74 Å². The Morgan fingerprint density at radius 2 is 2.10 bits per heavy atom. The molecule has 2 amide bonds. The fourth-order valence-electron chi connectivity index (χ4n) is 3.76. The lowest BCUT2D eigenvalue weighted by molar-refractivity contribution is -0.142. The summed E-state index contributed by atoms with van der Waals surface area (Å²) in [6.07, 6.45) is 1.51. The Labute approximate surface area is 174 Å². The number of hydrogen-bond acceptors (Lipinski definition) is 6. The summed E-state index contributed by atoms with van der Waals surface area (Å²) in [7, 11) is 0. The molecule has 2 aromatic rings. The summed E-state index contributed by atoms with van der Waals surface area (Å²) >= 11 is 1.61. The minimum atomic E-state index is -0.265. The lowest BCUT2D eigenvalue weighted by Crippen LogP contribution is -2.52. The molecule has 0 radical (unpaired) electrons. The van der Waals surface area contributed by atoms with E-state index in [1.54, 1.807) is 11.3 Å². The first-order valence-corrected chi connectivity index (χ1v) is 10.9. The third-order valence-corrected chi connectivity index (χ3v) is 6.09. The Morgan fingerprint density at radius 3 is 2.79 bits per heavy atom. The van der Waals surface area contributed by atoms with E-state index >= 15 is 0 Å². The quantitative estimate of drug-likeness (QED) is 0.813. The van der Waals surface area contributed by atoms with Crippen molar-refractivity contribution in [2.24, 2.45) is 0 Å². The van der Waals surface area contributed by atoms with Gasteiger partial charge in [-0.3, -0.25) is 14.5 Å². The fourth-order valence-corrected chi connectivity index (χ4v) is 4.38. The molecule has 2 saturated heterocycles. The van der Waals surface area contributed by atoms with Crippen LogP contribution in [0.4, 0.5) is 5.69 Å². The maximum atomic E-state index is 12.5. The first kappa shape index (κ1) is 20.0. The van der Waals surface area contributed by atoms with Crippen molar-refractivity contribution in [3.63, 3.8) is 0 Å². The van der Waals surface area contributed by atoms with Crippen LogP contribution in [-0.2, 0) is 14.3 Å². The number of benzene rings is 1. The van der Waals surface area contributed by atoms with Crippen molar-refractivity contribution >= 4 is 28.8 Å². The van der Waals surface area contributed by atoms with Crippen molar-refractivity contribution < 1.29 is 14.3 Å². The third kappa shape index (κ3) is 5.01. The van der Waals surface area contributed by atoms with Gasteiger partial charge in [0.15, 0.2) is 0 Å². The monoisotopic (exact) mass is 414 g/mol. The van der Waals surface area contributed by atoms with Gasteiger partial charge in [0.1, 0.15) is 6.10 Å². The molecule has 4 rings (SSSR count). The van der Waals surface area contributed by atoms with E-state index in [0.717, 1.165) is 34.8 Å². The first-order valence-electron chi connectivity index (χ1n) is 10.0. The highest BCUT2D eigenvalue weighted by molar-refractivity contribution is 7.09. The summed E-state index contributed by atoms with van der Waals surface area (Å²) in [5.41, 5.74) is 2.69. The predicted octanol–water partition coefficient (Wildman–Crippen LogP) is 2.38. The van der Waals surface area contributed by atoms with Crippen LogP contribution in [0.2, 0.25) is 0 Å². The Hall–Kier alpha value is -2.29. The van der Waals surface area contributed by atoms with E-state index in [0.29, 0.717) is 39.3 Å². The smallest absolute Gasteiger partial charge is 0.251 e. The van der Waals surface area contributed by atoms with E-state index in [9.17, 15) is 9.59 Å². The number of nitrogens with zero attached hydrogens (tertiary/aromatic N) is 3. The molecule has 7 nitrogen and oxygen atoms in total. The molecule has 0 saturated carbocycles. The number of thiazole rings is 1. The highest BCUT2D eigenvalue weighted by Crippen LogP contribution is 2.24. The van der Waals surface area contributed by atoms with Crippen LogP contribution in [-0.4, -0.2) is 72.0 Å². The largest absolute Gasteiger partial charge is 0.368 e. The number of piperazine rings is 1. The van der Waals surface area contributed by atoms with Gasteiger partial charge in [-0.1, -0.05) is 12.1 Å². The van der Waals surface area contributed by atoms with E-state index in [1.807, 2.05) is 41.5 Å². The molecule has 0 bridgehead atoms. The molecule has 8 heteroatoms. The molecule has 29 heavy (non-hydrogen) atoms. The molecule has 1 unspecified atom stereocenters. The molecule has 2 fully saturated rings. The highest BCUT2D eigenvalue weighted by atomic mass is 32.1. The minimum Gasteiger partial charge on any atom is -0.368 e. The molecule has 3 heterocycles. The van der Waals surface area contributed by atoms with Crippen LogP contribution in [0.25, 0.3) is 11.3 Å². The number of rotatable bonds is 5. The van der Waals surface area contributed by atoms with Gasteiger partial charge in [-0.2, -0.15) is 0 Å². The highest BCUT2D eigenvalue weighted by Gasteiger charge is 2.30. The van der Waals surface area contributed by atoms with Crippen LogP contribution in [0.3, 0.4) is 0 Å². The summed E-state index contributed by atoms with van der Waals surface area (Å²) in [6.45, 7) is 5.67. The van der Waals surface area contributed by atoms with Gasteiger partial charge in [0.2, 0.25) is 5.91 Å². The van der Waals surface area contributed by atoms with Gasteiger partial charge in [-0.05, 0) is 31.9 Å². The average Bonchev–Trinajstić information content (AvgIpc) is 3.40. The summed E-state index contributed by atoms with van der Waals surface area (Å²) in [4.78, 5) is 33.4. The topological polar surface area (TPSA) is 74.8 Å². The molecule has 2 aliphatic rings. The second-order valence-corrected chi connectivity index (χ2v) is 8.55.